The molecular formula is C12H21NO2. The Morgan fingerprint density at radius 3 is 2.20 bits per heavy atom. The number of hydrogen-bond donors (Lipinski definition) is 0. The zero-order chi connectivity index (χ0) is 11.4. The fraction of sp³-hybridized carbons (Fsp3) is 0.833. The Balaban J connectivity index is 3.09. The second kappa shape index (κ2) is 11.0. The van der Waals surface area contributed by atoms with E-state index in [2.05, 4.69) is 18.8 Å². The molecule has 3 heteroatoms. The molecule has 0 bridgehead atoms. The molecule has 0 saturated heterocycles. The van der Waals surface area contributed by atoms with Gasteiger partial charge in [-0.15, -0.1) is 11.8 Å². The third kappa shape index (κ3) is 13.0. The SMILES string of the molecule is CCCCC#CCCCCCC[N+](=O)[O-]. The fourth-order valence-corrected chi connectivity index (χ4v) is 1.25. The molecule has 0 spiro atoms. The van der Waals surface area contributed by atoms with Gasteiger partial charge in [0.05, 0.1) is 0 Å². The van der Waals surface area contributed by atoms with Gasteiger partial charge in [0, 0.05) is 24.2 Å². The van der Waals surface area contributed by atoms with E-state index in [1.165, 1.54) is 12.8 Å². The fourth-order valence-electron chi connectivity index (χ4n) is 1.25. The summed E-state index contributed by atoms with van der Waals surface area (Å²) in [6.07, 6.45) is 8.16. The molecule has 0 aromatic carbocycles. The minimum atomic E-state index is -0.245. The highest BCUT2D eigenvalue weighted by Gasteiger charge is 1.95. The summed E-state index contributed by atoms with van der Waals surface area (Å²) in [7, 11) is 0. The number of rotatable bonds is 8. The lowest BCUT2D eigenvalue weighted by Gasteiger charge is -1.94. The summed E-state index contributed by atoms with van der Waals surface area (Å²) in [6.45, 7) is 2.28. The third-order valence-electron chi connectivity index (χ3n) is 2.17. The highest BCUT2D eigenvalue weighted by atomic mass is 16.6. The molecule has 0 aliphatic carbocycles. The number of nitro groups is 1. The second-order valence-corrected chi connectivity index (χ2v) is 3.68. The molecule has 0 saturated carbocycles. The molecule has 0 aliphatic rings. The van der Waals surface area contributed by atoms with Crippen LogP contribution in [0.2, 0.25) is 0 Å². The van der Waals surface area contributed by atoms with E-state index in [0.717, 1.165) is 32.1 Å². The van der Waals surface area contributed by atoms with Gasteiger partial charge in [-0.2, -0.15) is 0 Å². The summed E-state index contributed by atoms with van der Waals surface area (Å²) < 4.78 is 0. The molecule has 0 unspecified atom stereocenters. The Kier molecular flexibility index (Phi) is 10.3. The van der Waals surface area contributed by atoms with Crippen molar-refractivity contribution in [1.29, 1.82) is 0 Å². The summed E-state index contributed by atoms with van der Waals surface area (Å²) in [5, 5.41) is 10.0. The Labute approximate surface area is 92.4 Å². The lowest BCUT2D eigenvalue weighted by molar-refractivity contribution is -0.480. The van der Waals surface area contributed by atoms with E-state index in [-0.39, 0.29) is 11.5 Å². The maximum atomic E-state index is 10.0. The van der Waals surface area contributed by atoms with Crippen LogP contribution >= 0.6 is 0 Å². The van der Waals surface area contributed by atoms with Crippen LogP contribution in [0.15, 0.2) is 0 Å². The van der Waals surface area contributed by atoms with Crippen LogP contribution in [0.3, 0.4) is 0 Å². The van der Waals surface area contributed by atoms with Crippen LogP contribution in [-0.2, 0) is 0 Å². The molecular weight excluding hydrogens is 190 g/mol. The largest absolute Gasteiger partial charge is 0.265 e. The minimum Gasteiger partial charge on any atom is -0.265 e. The van der Waals surface area contributed by atoms with Gasteiger partial charge in [-0.05, 0) is 19.3 Å². The van der Waals surface area contributed by atoms with Crippen molar-refractivity contribution in [2.45, 2.75) is 58.3 Å². The summed E-state index contributed by atoms with van der Waals surface area (Å²) in [6, 6.07) is 0. The topological polar surface area (TPSA) is 43.1 Å². The van der Waals surface area contributed by atoms with Gasteiger partial charge >= 0.3 is 0 Å². The Morgan fingerprint density at radius 2 is 1.60 bits per heavy atom. The molecule has 0 atom stereocenters. The van der Waals surface area contributed by atoms with Gasteiger partial charge in [0.15, 0.2) is 0 Å². The van der Waals surface area contributed by atoms with E-state index in [0.29, 0.717) is 6.42 Å². The number of nitrogens with zero attached hydrogens (tertiary/aromatic N) is 1. The van der Waals surface area contributed by atoms with Crippen molar-refractivity contribution in [3.8, 4) is 11.8 Å². The van der Waals surface area contributed by atoms with Crippen molar-refractivity contribution >= 4 is 0 Å². The number of hydrogen-bond acceptors (Lipinski definition) is 2. The van der Waals surface area contributed by atoms with Crippen molar-refractivity contribution < 1.29 is 4.92 Å². The maximum Gasteiger partial charge on any atom is 0.203 e. The Bertz CT molecular complexity index is 215. The molecule has 0 radical (unpaired) electrons. The maximum absolute atomic E-state index is 10.0. The van der Waals surface area contributed by atoms with Crippen LogP contribution in [0.25, 0.3) is 0 Å². The summed E-state index contributed by atoms with van der Waals surface area (Å²) in [5.41, 5.74) is 0. The van der Waals surface area contributed by atoms with Crippen molar-refractivity contribution in [2.24, 2.45) is 0 Å². The summed E-state index contributed by atoms with van der Waals surface area (Å²) in [5.74, 6) is 6.27. The van der Waals surface area contributed by atoms with Crippen molar-refractivity contribution in [3.63, 3.8) is 0 Å². The molecule has 0 aliphatic heterocycles. The zero-order valence-electron chi connectivity index (χ0n) is 9.63. The van der Waals surface area contributed by atoms with Crippen molar-refractivity contribution in [1.82, 2.24) is 0 Å². The van der Waals surface area contributed by atoms with Gasteiger partial charge in [-0.3, -0.25) is 10.1 Å². The average Bonchev–Trinajstić information content (AvgIpc) is 2.20. The molecule has 0 amide bonds. The first-order valence-corrected chi connectivity index (χ1v) is 5.85. The molecule has 0 fully saturated rings. The Morgan fingerprint density at radius 1 is 1.00 bits per heavy atom. The summed E-state index contributed by atoms with van der Waals surface area (Å²) >= 11 is 0. The van der Waals surface area contributed by atoms with E-state index in [1.54, 1.807) is 0 Å². The predicted molar refractivity (Wildman–Crippen MR) is 62.2 cm³/mol. The van der Waals surface area contributed by atoms with Gasteiger partial charge in [-0.25, -0.2) is 0 Å². The van der Waals surface area contributed by atoms with Gasteiger partial charge in [-0.1, -0.05) is 19.8 Å². The van der Waals surface area contributed by atoms with Crippen LogP contribution in [-0.4, -0.2) is 11.5 Å². The quantitative estimate of drug-likeness (QED) is 0.267. The van der Waals surface area contributed by atoms with Gasteiger partial charge < -0.3 is 0 Å². The van der Waals surface area contributed by atoms with E-state index in [4.69, 9.17) is 0 Å². The predicted octanol–water partition coefficient (Wildman–Crippen LogP) is 3.41. The van der Waals surface area contributed by atoms with Crippen LogP contribution in [0.4, 0.5) is 0 Å². The van der Waals surface area contributed by atoms with Crippen molar-refractivity contribution in [2.75, 3.05) is 6.54 Å². The lowest BCUT2D eigenvalue weighted by Crippen LogP contribution is -1.99. The van der Waals surface area contributed by atoms with Crippen LogP contribution in [0.1, 0.15) is 58.3 Å². The first kappa shape index (κ1) is 14.0. The molecule has 15 heavy (non-hydrogen) atoms. The summed E-state index contributed by atoms with van der Waals surface area (Å²) in [4.78, 5) is 9.77. The second-order valence-electron chi connectivity index (χ2n) is 3.68. The molecule has 0 heterocycles. The monoisotopic (exact) mass is 211 g/mol. The zero-order valence-corrected chi connectivity index (χ0v) is 9.63. The first-order valence-electron chi connectivity index (χ1n) is 5.85. The average molecular weight is 211 g/mol. The standard InChI is InChI=1S/C12H21NO2/c1-2-3-4-5-6-7-8-9-10-11-12-13(14)15/h2-4,7-12H2,1H3. The van der Waals surface area contributed by atoms with Crippen LogP contribution in [0, 0.1) is 22.0 Å². The van der Waals surface area contributed by atoms with E-state index < -0.39 is 0 Å². The first-order chi connectivity index (χ1) is 7.27. The Hall–Kier alpha value is -1.04. The van der Waals surface area contributed by atoms with E-state index in [9.17, 15) is 10.1 Å². The van der Waals surface area contributed by atoms with Gasteiger partial charge in [0.2, 0.25) is 6.54 Å². The van der Waals surface area contributed by atoms with Crippen molar-refractivity contribution in [3.05, 3.63) is 10.1 Å². The molecule has 0 N–H and O–H groups in total. The minimum absolute atomic E-state index is 0.113. The highest BCUT2D eigenvalue weighted by Crippen LogP contribution is 2.02. The third-order valence-corrected chi connectivity index (χ3v) is 2.17. The van der Waals surface area contributed by atoms with Gasteiger partial charge in [0.1, 0.15) is 0 Å². The molecule has 0 aromatic rings. The number of unbranched alkanes of at least 4 members (excludes halogenated alkanes) is 6. The normalized spacial score (nSPS) is 9.40. The van der Waals surface area contributed by atoms with Gasteiger partial charge in [0.25, 0.3) is 0 Å². The molecule has 0 aromatic heterocycles. The smallest absolute Gasteiger partial charge is 0.203 e. The molecule has 0 rings (SSSR count). The van der Waals surface area contributed by atoms with E-state index in [1.807, 2.05) is 0 Å². The van der Waals surface area contributed by atoms with Crippen LogP contribution in [0.5, 0.6) is 0 Å². The highest BCUT2D eigenvalue weighted by molar-refractivity contribution is 4.98. The van der Waals surface area contributed by atoms with E-state index >= 15 is 0 Å². The molecule has 86 valence electrons. The lowest BCUT2D eigenvalue weighted by atomic mass is 10.1. The van der Waals surface area contributed by atoms with Crippen LogP contribution < -0.4 is 0 Å². The molecule has 3 nitrogen and oxygen atoms in total.